The fourth-order valence-corrected chi connectivity index (χ4v) is 7.35. The van der Waals surface area contributed by atoms with Crippen molar-refractivity contribution in [1.29, 1.82) is 0 Å². The van der Waals surface area contributed by atoms with Crippen molar-refractivity contribution in [2.24, 2.45) is 0 Å². The van der Waals surface area contributed by atoms with Gasteiger partial charge in [-0.25, -0.2) is 4.79 Å². The number of hydrogen-bond acceptors (Lipinski definition) is 6. The first-order valence-electron chi connectivity index (χ1n) is 26.0. The molecular formula is C56H98NO7+. The van der Waals surface area contributed by atoms with Gasteiger partial charge in [0.15, 0.2) is 12.1 Å². The molecule has 0 fully saturated rings. The third-order valence-electron chi connectivity index (χ3n) is 11.3. The SMILES string of the molecule is CC/C=C/C/C=C/C/C=C/C/C=C/C/C=C/CCCCCC(=O)OC(COCCC(C(=O)O)[N+](C)(C)C)COC(=O)CCCCCCCCC/C=C/CCCCCCCCCCCC. The molecule has 8 nitrogen and oxygen atoms in total. The maximum atomic E-state index is 12.8. The highest BCUT2D eigenvalue weighted by atomic mass is 16.6. The summed E-state index contributed by atoms with van der Waals surface area (Å²) in [6.07, 6.45) is 59.6. The van der Waals surface area contributed by atoms with Gasteiger partial charge in [0.2, 0.25) is 0 Å². The Balaban J connectivity index is 4.31. The highest BCUT2D eigenvalue weighted by Crippen LogP contribution is 2.15. The molecule has 0 aliphatic heterocycles. The van der Waals surface area contributed by atoms with Gasteiger partial charge in [0.05, 0.1) is 34.4 Å². The number of carbonyl (C=O) groups is 3. The van der Waals surface area contributed by atoms with Gasteiger partial charge in [-0.05, 0) is 83.5 Å². The van der Waals surface area contributed by atoms with Crippen LogP contribution in [0.15, 0.2) is 72.9 Å². The van der Waals surface area contributed by atoms with Gasteiger partial charge in [-0.15, -0.1) is 0 Å². The van der Waals surface area contributed by atoms with E-state index in [9.17, 15) is 19.5 Å². The standard InChI is InChI=1S/C56H97NO7/c1-6-8-10-12-14-16-18-20-22-24-26-27-29-30-32-34-36-38-40-42-44-46-54(58)63-51-52(50-62-49-48-53(56(60)61)57(3,4)5)64-55(59)47-45-43-41-39-37-35-33-31-28-25-23-21-19-17-15-13-11-9-7-2/h9,11,15,17,21,23,27-29,31,35,37,52-53H,6-8,10,12-14,16,18-20,22,24-26,30,32-34,36,38-51H2,1-5H3/p+1/b11-9+,17-15+,23-21+,29-27+,31-28+,37-35+. The molecule has 0 amide bonds. The highest BCUT2D eigenvalue weighted by Gasteiger charge is 2.31. The van der Waals surface area contributed by atoms with Crippen LogP contribution >= 0.6 is 0 Å². The van der Waals surface area contributed by atoms with E-state index in [2.05, 4.69) is 86.8 Å². The van der Waals surface area contributed by atoms with Crippen LogP contribution in [0, 0.1) is 0 Å². The number of nitrogens with zero attached hydrogens (tertiary/aromatic N) is 1. The molecule has 0 radical (unpaired) electrons. The molecule has 2 atom stereocenters. The fourth-order valence-electron chi connectivity index (χ4n) is 7.35. The average molecular weight is 897 g/mol. The van der Waals surface area contributed by atoms with Crippen LogP contribution in [0.4, 0.5) is 0 Å². The minimum absolute atomic E-state index is 0.0434. The van der Waals surface area contributed by atoms with E-state index in [4.69, 9.17) is 14.2 Å². The molecular weight excluding hydrogens is 799 g/mol. The van der Waals surface area contributed by atoms with Gasteiger partial charge in [-0.3, -0.25) is 9.59 Å². The smallest absolute Gasteiger partial charge is 0.362 e. The molecule has 0 saturated heterocycles. The molecule has 0 aromatic heterocycles. The zero-order valence-corrected chi connectivity index (χ0v) is 42.0. The quantitative estimate of drug-likeness (QED) is 0.0281. The summed E-state index contributed by atoms with van der Waals surface area (Å²) >= 11 is 0. The molecule has 2 unspecified atom stereocenters. The largest absolute Gasteiger partial charge is 0.477 e. The Bertz CT molecular complexity index is 1270. The third kappa shape index (κ3) is 44.0. The number of quaternary nitrogens is 1. The summed E-state index contributed by atoms with van der Waals surface area (Å²) < 4.78 is 17.3. The number of carbonyl (C=O) groups excluding carboxylic acids is 2. The van der Waals surface area contributed by atoms with Crippen molar-refractivity contribution in [3.05, 3.63) is 72.9 Å². The molecule has 0 saturated carbocycles. The van der Waals surface area contributed by atoms with Crippen LogP contribution in [0.25, 0.3) is 0 Å². The molecule has 368 valence electrons. The molecule has 8 heteroatoms. The molecule has 0 bridgehead atoms. The predicted molar refractivity (Wildman–Crippen MR) is 270 cm³/mol. The zero-order chi connectivity index (χ0) is 47.0. The summed E-state index contributed by atoms with van der Waals surface area (Å²) in [5, 5.41) is 9.65. The highest BCUT2D eigenvalue weighted by molar-refractivity contribution is 5.72. The lowest BCUT2D eigenvalue weighted by molar-refractivity contribution is -0.887. The number of ether oxygens (including phenoxy) is 3. The predicted octanol–water partition coefficient (Wildman–Crippen LogP) is 15.1. The Labute approximate surface area is 393 Å². The van der Waals surface area contributed by atoms with Gasteiger partial charge in [0.25, 0.3) is 0 Å². The molecule has 1 N–H and O–H groups in total. The second-order valence-corrected chi connectivity index (χ2v) is 18.4. The average Bonchev–Trinajstić information content (AvgIpc) is 3.26. The second kappa shape index (κ2) is 46.3. The first-order valence-corrected chi connectivity index (χ1v) is 26.0. The number of esters is 2. The van der Waals surface area contributed by atoms with E-state index < -0.39 is 18.1 Å². The van der Waals surface area contributed by atoms with Crippen molar-refractivity contribution in [2.75, 3.05) is 41.0 Å². The zero-order valence-electron chi connectivity index (χ0n) is 42.0. The number of allylic oxidation sites excluding steroid dienone is 12. The second-order valence-electron chi connectivity index (χ2n) is 18.4. The summed E-state index contributed by atoms with van der Waals surface area (Å²) in [7, 11) is 5.52. The Kier molecular flexibility index (Phi) is 44.0. The summed E-state index contributed by atoms with van der Waals surface area (Å²) in [5.74, 6) is -1.52. The van der Waals surface area contributed by atoms with Crippen LogP contribution in [-0.4, -0.2) is 80.6 Å². The minimum Gasteiger partial charge on any atom is -0.477 e. The number of rotatable bonds is 46. The molecule has 0 aliphatic rings. The van der Waals surface area contributed by atoms with Crippen molar-refractivity contribution < 1.29 is 38.2 Å². The van der Waals surface area contributed by atoms with Crippen molar-refractivity contribution >= 4 is 17.9 Å². The van der Waals surface area contributed by atoms with E-state index in [1.54, 1.807) is 0 Å². The van der Waals surface area contributed by atoms with Gasteiger partial charge < -0.3 is 23.8 Å². The van der Waals surface area contributed by atoms with Gasteiger partial charge in [0, 0.05) is 19.3 Å². The molecule has 0 aliphatic carbocycles. The van der Waals surface area contributed by atoms with E-state index in [1.165, 1.54) is 103 Å². The van der Waals surface area contributed by atoms with Crippen molar-refractivity contribution in [1.82, 2.24) is 0 Å². The van der Waals surface area contributed by atoms with Gasteiger partial charge in [0.1, 0.15) is 6.61 Å². The monoisotopic (exact) mass is 897 g/mol. The summed E-state index contributed by atoms with van der Waals surface area (Å²) in [5.41, 5.74) is 0. The number of carboxylic acids is 1. The molecule has 0 aromatic carbocycles. The molecule has 64 heavy (non-hydrogen) atoms. The third-order valence-corrected chi connectivity index (χ3v) is 11.3. The topological polar surface area (TPSA) is 99.1 Å². The van der Waals surface area contributed by atoms with Crippen LogP contribution in [0.5, 0.6) is 0 Å². The van der Waals surface area contributed by atoms with Crippen LogP contribution in [0.2, 0.25) is 0 Å². The lowest BCUT2D eigenvalue weighted by Gasteiger charge is -2.31. The molecule has 0 spiro atoms. The minimum atomic E-state index is -0.882. The van der Waals surface area contributed by atoms with E-state index >= 15 is 0 Å². The summed E-state index contributed by atoms with van der Waals surface area (Å²) in [6.45, 7) is 4.60. The molecule has 0 aromatic rings. The number of carboxylic acid groups (broad SMARTS) is 1. The Morgan fingerprint density at radius 2 is 0.875 bits per heavy atom. The lowest BCUT2D eigenvalue weighted by atomic mass is 10.1. The molecule has 0 rings (SSSR count). The normalized spacial score (nSPS) is 13.5. The first-order chi connectivity index (χ1) is 31.1. The van der Waals surface area contributed by atoms with E-state index in [0.29, 0.717) is 12.8 Å². The van der Waals surface area contributed by atoms with Gasteiger partial charge in [-0.1, -0.05) is 183 Å². The van der Waals surface area contributed by atoms with Gasteiger partial charge in [-0.2, -0.15) is 0 Å². The van der Waals surface area contributed by atoms with E-state index in [-0.39, 0.29) is 42.7 Å². The van der Waals surface area contributed by atoms with Crippen LogP contribution < -0.4 is 0 Å². The lowest BCUT2D eigenvalue weighted by Crippen LogP contribution is -2.50. The number of unbranched alkanes of at least 4 members (excludes halogenated alkanes) is 20. The number of likely N-dealkylation sites (N-methyl/N-ethyl adjacent to an activating group) is 1. The first kappa shape index (κ1) is 60.8. The number of hydrogen-bond donors (Lipinski definition) is 1. The maximum absolute atomic E-state index is 12.8. The van der Waals surface area contributed by atoms with Gasteiger partial charge >= 0.3 is 17.9 Å². The van der Waals surface area contributed by atoms with E-state index in [0.717, 1.165) is 77.0 Å². The Morgan fingerprint density at radius 1 is 0.484 bits per heavy atom. The van der Waals surface area contributed by atoms with Crippen LogP contribution in [0.3, 0.4) is 0 Å². The Hall–Kier alpha value is -3.23. The molecule has 0 heterocycles. The van der Waals surface area contributed by atoms with Crippen LogP contribution in [-0.2, 0) is 28.6 Å². The fraction of sp³-hybridized carbons (Fsp3) is 0.732. The van der Waals surface area contributed by atoms with Crippen LogP contribution in [0.1, 0.15) is 213 Å². The summed E-state index contributed by atoms with van der Waals surface area (Å²) in [6, 6.07) is -0.625. The van der Waals surface area contributed by atoms with Crippen molar-refractivity contribution in [3.8, 4) is 0 Å². The summed E-state index contributed by atoms with van der Waals surface area (Å²) in [4.78, 5) is 37.2. The van der Waals surface area contributed by atoms with Crippen molar-refractivity contribution in [3.63, 3.8) is 0 Å². The van der Waals surface area contributed by atoms with E-state index in [1.807, 2.05) is 21.1 Å². The number of aliphatic carboxylic acids is 1. The van der Waals surface area contributed by atoms with Crippen molar-refractivity contribution in [2.45, 2.75) is 225 Å². The Morgan fingerprint density at radius 3 is 1.33 bits per heavy atom. The maximum Gasteiger partial charge on any atom is 0.362 e.